The molecule has 4 nitrogen and oxygen atoms in total. The average Bonchev–Trinajstić information content (AvgIpc) is 2.97. The Kier molecular flexibility index (Phi) is 6.92. The molecule has 24 heavy (non-hydrogen) atoms. The number of nitrogens with zero attached hydrogens (tertiary/aromatic N) is 2. The van der Waals surface area contributed by atoms with Crippen molar-refractivity contribution in [3.63, 3.8) is 0 Å². The minimum atomic E-state index is -0.538. The Bertz CT molecular complexity index is 571. The van der Waals surface area contributed by atoms with Crippen molar-refractivity contribution in [3.05, 3.63) is 35.4 Å². The summed E-state index contributed by atoms with van der Waals surface area (Å²) in [6.07, 6.45) is 4.87. The quantitative estimate of drug-likeness (QED) is 0.426. The van der Waals surface area contributed by atoms with Gasteiger partial charge in [-0.2, -0.15) is 0 Å². The van der Waals surface area contributed by atoms with E-state index in [4.69, 9.17) is 4.99 Å². The molecule has 1 aliphatic carbocycles. The molecular weight excluding hydrogens is 413 g/mol. The third-order valence-corrected chi connectivity index (χ3v) is 5.33. The van der Waals surface area contributed by atoms with Crippen molar-refractivity contribution in [1.29, 1.82) is 0 Å². The fourth-order valence-electron chi connectivity index (χ4n) is 3.78. The highest BCUT2D eigenvalue weighted by atomic mass is 127. The lowest BCUT2D eigenvalue weighted by molar-refractivity contribution is 0.151. The molecule has 0 amide bonds. The standard InChI is InChI=1S/C19H29N3O.HI/c1-3-20-18(22-11-10-19(14-22)8-5-9-19)21-13-17(23)16-7-4-6-15(2)12-16;/h4,6-7,12,17,23H,3,5,8-11,13-14H2,1-2H3,(H,20,21);1H. The molecule has 5 heteroatoms. The van der Waals surface area contributed by atoms with Crippen LogP contribution in [0.1, 0.15) is 49.8 Å². The smallest absolute Gasteiger partial charge is 0.194 e. The van der Waals surface area contributed by atoms with Crippen molar-refractivity contribution < 1.29 is 5.11 Å². The summed E-state index contributed by atoms with van der Waals surface area (Å²) in [4.78, 5) is 7.09. The van der Waals surface area contributed by atoms with Crippen LogP contribution in [0.25, 0.3) is 0 Å². The van der Waals surface area contributed by atoms with Gasteiger partial charge in [0.15, 0.2) is 5.96 Å². The summed E-state index contributed by atoms with van der Waals surface area (Å²) in [6.45, 7) is 7.64. The van der Waals surface area contributed by atoms with Gasteiger partial charge in [-0.1, -0.05) is 36.2 Å². The Morgan fingerprint density at radius 1 is 1.38 bits per heavy atom. The van der Waals surface area contributed by atoms with E-state index in [1.165, 1.54) is 31.2 Å². The lowest BCUT2D eigenvalue weighted by atomic mass is 9.68. The first kappa shape index (κ1) is 19.5. The van der Waals surface area contributed by atoms with E-state index in [0.717, 1.165) is 31.2 Å². The topological polar surface area (TPSA) is 47.9 Å². The van der Waals surface area contributed by atoms with E-state index < -0.39 is 6.10 Å². The lowest BCUT2D eigenvalue weighted by Crippen LogP contribution is -2.42. The van der Waals surface area contributed by atoms with Crippen molar-refractivity contribution in [2.45, 2.75) is 45.6 Å². The number of aliphatic hydroxyl groups excluding tert-OH is 1. The largest absolute Gasteiger partial charge is 0.386 e. The van der Waals surface area contributed by atoms with E-state index in [1.54, 1.807) is 0 Å². The van der Waals surface area contributed by atoms with Gasteiger partial charge in [0.05, 0.1) is 12.6 Å². The summed E-state index contributed by atoms with van der Waals surface area (Å²) in [6, 6.07) is 8.04. The van der Waals surface area contributed by atoms with Gasteiger partial charge in [0, 0.05) is 19.6 Å². The third kappa shape index (κ3) is 4.42. The van der Waals surface area contributed by atoms with E-state index in [0.29, 0.717) is 12.0 Å². The number of nitrogens with one attached hydrogen (secondary N) is 1. The van der Waals surface area contributed by atoms with Crippen LogP contribution in [0.4, 0.5) is 0 Å². The number of aliphatic imine (C=N–C) groups is 1. The van der Waals surface area contributed by atoms with Gasteiger partial charge in [0.1, 0.15) is 0 Å². The molecule has 1 atom stereocenters. The summed E-state index contributed by atoms with van der Waals surface area (Å²) in [5, 5.41) is 13.8. The number of likely N-dealkylation sites (tertiary alicyclic amines) is 1. The monoisotopic (exact) mass is 443 g/mol. The molecule has 1 aliphatic heterocycles. The Morgan fingerprint density at radius 3 is 2.75 bits per heavy atom. The van der Waals surface area contributed by atoms with Crippen molar-refractivity contribution in [2.24, 2.45) is 10.4 Å². The van der Waals surface area contributed by atoms with Gasteiger partial charge >= 0.3 is 0 Å². The molecule has 0 aromatic heterocycles. The van der Waals surface area contributed by atoms with E-state index in [9.17, 15) is 5.11 Å². The Morgan fingerprint density at radius 2 is 2.17 bits per heavy atom. The highest BCUT2D eigenvalue weighted by molar-refractivity contribution is 14.0. The number of aryl methyl sites for hydroxylation is 1. The number of rotatable bonds is 4. The Balaban J connectivity index is 0.00000208. The van der Waals surface area contributed by atoms with Crippen LogP contribution < -0.4 is 5.32 Å². The second-order valence-corrected chi connectivity index (χ2v) is 7.15. The number of guanidine groups is 1. The molecule has 2 aliphatic rings. The van der Waals surface area contributed by atoms with Crippen LogP contribution in [0, 0.1) is 12.3 Å². The number of aliphatic hydroxyl groups is 1. The number of benzene rings is 1. The van der Waals surface area contributed by atoms with Crippen molar-refractivity contribution >= 4 is 29.9 Å². The van der Waals surface area contributed by atoms with Crippen LogP contribution in [0.5, 0.6) is 0 Å². The van der Waals surface area contributed by atoms with Gasteiger partial charge in [-0.25, -0.2) is 0 Å². The zero-order chi connectivity index (χ0) is 16.3. The molecule has 1 heterocycles. The Hall–Kier alpha value is -0.820. The highest BCUT2D eigenvalue weighted by Crippen LogP contribution is 2.47. The zero-order valence-electron chi connectivity index (χ0n) is 14.8. The normalized spacial score (nSPS) is 20.5. The second kappa shape index (κ2) is 8.52. The SMILES string of the molecule is CCNC(=NCC(O)c1cccc(C)c1)N1CCC2(CCC2)C1.I. The summed E-state index contributed by atoms with van der Waals surface area (Å²) in [5.74, 6) is 0.961. The molecular formula is C19H30IN3O. The van der Waals surface area contributed by atoms with Gasteiger partial charge < -0.3 is 15.3 Å². The molecule has 1 unspecified atom stereocenters. The third-order valence-electron chi connectivity index (χ3n) is 5.33. The first-order valence-electron chi connectivity index (χ1n) is 8.90. The molecule has 3 rings (SSSR count). The number of hydrogen-bond acceptors (Lipinski definition) is 2. The molecule has 0 bridgehead atoms. The van der Waals surface area contributed by atoms with Crippen LogP contribution >= 0.6 is 24.0 Å². The van der Waals surface area contributed by atoms with Crippen LogP contribution in [0.2, 0.25) is 0 Å². The van der Waals surface area contributed by atoms with E-state index >= 15 is 0 Å². The summed E-state index contributed by atoms with van der Waals surface area (Å²) in [7, 11) is 0. The molecule has 1 spiro atoms. The second-order valence-electron chi connectivity index (χ2n) is 7.15. The number of halogens is 1. The van der Waals surface area contributed by atoms with Gasteiger partial charge in [0.2, 0.25) is 0 Å². The molecule has 1 saturated carbocycles. The van der Waals surface area contributed by atoms with E-state index in [2.05, 4.69) is 17.1 Å². The average molecular weight is 443 g/mol. The lowest BCUT2D eigenvalue weighted by Gasteiger charge is -2.38. The first-order chi connectivity index (χ1) is 11.1. The summed E-state index contributed by atoms with van der Waals surface area (Å²) >= 11 is 0. The van der Waals surface area contributed by atoms with Crippen molar-refractivity contribution in [3.8, 4) is 0 Å². The van der Waals surface area contributed by atoms with Crippen LogP contribution in [0.15, 0.2) is 29.3 Å². The summed E-state index contributed by atoms with van der Waals surface area (Å²) in [5.41, 5.74) is 2.68. The predicted octanol–water partition coefficient (Wildman–Crippen LogP) is 3.49. The zero-order valence-corrected chi connectivity index (χ0v) is 17.1. The van der Waals surface area contributed by atoms with E-state index in [1.807, 2.05) is 31.2 Å². The van der Waals surface area contributed by atoms with Crippen LogP contribution in [-0.2, 0) is 0 Å². The molecule has 0 radical (unpaired) electrons. The minimum Gasteiger partial charge on any atom is -0.386 e. The fourth-order valence-corrected chi connectivity index (χ4v) is 3.78. The maximum absolute atomic E-state index is 10.4. The molecule has 1 saturated heterocycles. The molecule has 1 aromatic carbocycles. The van der Waals surface area contributed by atoms with Gasteiger partial charge in [-0.3, -0.25) is 4.99 Å². The molecule has 2 N–H and O–H groups in total. The minimum absolute atomic E-state index is 0. The van der Waals surface area contributed by atoms with Crippen molar-refractivity contribution in [1.82, 2.24) is 10.2 Å². The van der Waals surface area contributed by atoms with E-state index in [-0.39, 0.29) is 24.0 Å². The first-order valence-corrected chi connectivity index (χ1v) is 8.90. The number of hydrogen-bond donors (Lipinski definition) is 2. The summed E-state index contributed by atoms with van der Waals surface area (Å²) < 4.78 is 0. The fraction of sp³-hybridized carbons (Fsp3) is 0.632. The maximum Gasteiger partial charge on any atom is 0.194 e. The van der Waals surface area contributed by atoms with Crippen LogP contribution in [0.3, 0.4) is 0 Å². The van der Waals surface area contributed by atoms with Gasteiger partial charge in [-0.15, -0.1) is 24.0 Å². The maximum atomic E-state index is 10.4. The van der Waals surface area contributed by atoms with Gasteiger partial charge in [-0.05, 0) is 44.1 Å². The molecule has 1 aromatic rings. The highest BCUT2D eigenvalue weighted by Gasteiger charge is 2.43. The predicted molar refractivity (Wildman–Crippen MR) is 110 cm³/mol. The Labute approximate surface area is 162 Å². The van der Waals surface area contributed by atoms with Crippen molar-refractivity contribution in [2.75, 3.05) is 26.2 Å². The molecule has 2 fully saturated rings. The van der Waals surface area contributed by atoms with Gasteiger partial charge in [0.25, 0.3) is 0 Å². The molecule has 134 valence electrons. The van der Waals surface area contributed by atoms with Crippen LogP contribution in [-0.4, -0.2) is 42.1 Å².